The van der Waals surface area contributed by atoms with Crippen LogP contribution in [0.2, 0.25) is 0 Å². The second-order valence-corrected chi connectivity index (χ2v) is 4.46. The van der Waals surface area contributed by atoms with Crippen LogP contribution in [0.25, 0.3) is 0 Å². The lowest BCUT2D eigenvalue weighted by atomic mass is 10.3. The number of para-hydroxylation sites is 2. The molecule has 0 saturated carbocycles. The van der Waals surface area contributed by atoms with E-state index in [9.17, 15) is 4.79 Å². The van der Waals surface area contributed by atoms with Crippen molar-refractivity contribution in [3.8, 4) is 5.75 Å². The maximum atomic E-state index is 11.3. The standard InChI is InChI=1S/C12H14N2O2S/c13-10-4-1-2-5-11(10)16-8-3-6-14-7-9-17-12(14)15/h1-2,4-5,7,9H,3,6,8,13H2. The molecule has 0 aliphatic carbocycles. The minimum Gasteiger partial charge on any atom is -0.491 e. The van der Waals surface area contributed by atoms with Crippen molar-refractivity contribution in [3.05, 3.63) is 45.5 Å². The lowest BCUT2D eigenvalue weighted by Gasteiger charge is -2.08. The molecule has 0 amide bonds. The molecule has 1 heterocycles. The second-order valence-electron chi connectivity index (χ2n) is 3.60. The number of benzene rings is 1. The Labute approximate surface area is 103 Å². The molecule has 0 unspecified atom stereocenters. The van der Waals surface area contributed by atoms with Gasteiger partial charge in [-0.15, -0.1) is 0 Å². The van der Waals surface area contributed by atoms with Crippen LogP contribution >= 0.6 is 11.3 Å². The van der Waals surface area contributed by atoms with Crippen LogP contribution in [0.15, 0.2) is 40.6 Å². The Kier molecular flexibility index (Phi) is 3.82. The molecule has 90 valence electrons. The van der Waals surface area contributed by atoms with E-state index >= 15 is 0 Å². The predicted octanol–water partition coefficient (Wildman–Crippen LogP) is 1.96. The van der Waals surface area contributed by atoms with Gasteiger partial charge in [-0.3, -0.25) is 4.79 Å². The molecule has 1 aromatic carbocycles. The van der Waals surface area contributed by atoms with E-state index in [1.807, 2.05) is 18.2 Å². The van der Waals surface area contributed by atoms with E-state index in [0.717, 1.165) is 6.42 Å². The second kappa shape index (κ2) is 5.54. The number of hydrogen-bond acceptors (Lipinski definition) is 4. The van der Waals surface area contributed by atoms with Crippen molar-refractivity contribution >= 4 is 17.0 Å². The summed E-state index contributed by atoms with van der Waals surface area (Å²) in [6.45, 7) is 1.23. The maximum absolute atomic E-state index is 11.3. The summed E-state index contributed by atoms with van der Waals surface area (Å²) in [5.41, 5.74) is 6.38. The Balaban J connectivity index is 1.79. The number of hydrogen-bond donors (Lipinski definition) is 1. The quantitative estimate of drug-likeness (QED) is 0.652. The summed E-state index contributed by atoms with van der Waals surface area (Å²) in [7, 11) is 0. The Morgan fingerprint density at radius 2 is 2.18 bits per heavy atom. The largest absolute Gasteiger partial charge is 0.491 e. The number of anilines is 1. The first-order valence-corrected chi connectivity index (χ1v) is 6.26. The zero-order valence-electron chi connectivity index (χ0n) is 9.33. The molecule has 2 N–H and O–H groups in total. The summed E-state index contributed by atoms with van der Waals surface area (Å²) in [5.74, 6) is 0.699. The summed E-state index contributed by atoms with van der Waals surface area (Å²) < 4.78 is 7.22. The van der Waals surface area contributed by atoms with Crippen molar-refractivity contribution < 1.29 is 4.74 Å². The number of nitrogen functional groups attached to an aromatic ring is 1. The Morgan fingerprint density at radius 1 is 1.35 bits per heavy atom. The number of ether oxygens (including phenoxy) is 1. The van der Waals surface area contributed by atoms with Crippen molar-refractivity contribution in [2.24, 2.45) is 0 Å². The highest BCUT2D eigenvalue weighted by Gasteiger charge is 1.99. The molecule has 5 heteroatoms. The van der Waals surface area contributed by atoms with Gasteiger partial charge in [0.25, 0.3) is 0 Å². The zero-order chi connectivity index (χ0) is 12.1. The molecule has 0 aliphatic rings. The molecule has 2 rings (SSSR count). The average molecular weight is 250 g/mol. The third-order valence-corrected chi connectivity index (χ3v) is 3.06. The lowest BCUT2D eigenvalue weighted by molar-refractivity contribution is 0.303. The summed E-state index contributed by atoms with van der Waals surface area (Å²) in [6, 6.07) is 7.40. The number of nitrogens with zero attached hydrogens (tertiary/aromatic N) is 1. The number of nitrogens with two attached hydrogens (primary N) is 1. The van der Waals surface area contributed by atoms with E-state index in [1.54, 1.807) is 22.2 Å². The third-order valence-electron chi connectivity index (χ3n) is 2.36. The molecule has 4 nitrogen and oxygen atoms in total. The van der Waals surface area contributed by atoms with Crippen molar-refractivity contribution in [1.29, 1.82) is 0 Å². The highest BCUT2D eigenvalue weighted by Crippen LogP contribution is 2.19. The van der Waals surface area contributed by atoms with Gasteiger partial charge in [0, 0.05) is 18.1 Å². The monoisotopic (exact) mass is 250 g/mol. The van der Waals surface area contributed by atoms with Crippen LogP contribution in [0.5, 0.6) is 5.75 Å². The summed E-state index contributed by atoms with van der Waals surface area (Å²) in [5, 5.41) is 1.79. The van der Waals surface area contributed by atoms with Crippen molar-refractivity contribution in [3.63, 3.8) is 0 Å². The first-order chi connectivity index (χ1) is 8.27. The van der Waals surface area contributed by atoms with Gasteiger partial charge in [-0.1, -0.05) is 23.5 Å². The Morgan fingerprint density at radius 3 is 2.88 bits per heavy atom. The molecule has 0 radical (unpaired) electrons. The first kappa shape index (κ1) is 11.7. The number of aryl methyl sites for hydroxylation is 1. The third kappa shape index (κ3) is 3.10. The zero-order valence-corrected chi connectivity index (χ0v) is 10.2. The predicted molar refractivity (Wildman–Crippen MR) is 69.5 cm³/mol. The van der Waals surface area contributed by atoms with Gasteiger partial charge >= 0.3 is 4.87 Å². The molecule has 17 heavy (non-hydrogen) atoms. The van der Waals surface area contributed by atoms with Crippen molar-refractivity contribution in [2.75, 3.05) is 12.3 Å². The molecule has 0 atom stereocenters. The molecular formula is C12H14N2O2S. The summed E-state index contributed by atoms with van der Waals surface area (Å²) in [6.07, 6.45) is 2.58. The molecule has 0 aliphatic heterocycles. The van der Waals surface area contributed by atoms with Crippen LogP contribution in [0.4, 0.5) is 5.69 Å². The van der Waals surface area contributed by atoms with Crippen LogP contribution in [-0.2, 0) is 6.54 Å². The van der Waals surface area contributed by atoms with Gasteiger partial charge in [0.15, 0.2) is 0 Å². The Hall–Kier alpha value is -1.75. The fourth-order valence-electron chi connectivity index (χ4n) is 1.49. The molecule has 0 fully saturated rings. The summed E-state index contributed by atoms with van der Waals surface area (Å²) in [4.78, 5) is 11.3. The maximum Gasteiger partial charge on any atom is 0.307 e. The smallest absolute Gasteiger partial charge is 0.307 e. The average Bonchev–Trinajstić information content (AvgIpc) is 2.73. The molecule has 0 bridgehead atoms. The molecule has 0 spiro atoms. The van der Waals surface area contributed by atoms with Gasteiger partial charge in [-0.25, -0.2) is 0 Å². The van der Waals surface area contributed by atoms with Gasteiger partial charge in [-0.05, 0) is 18.6 Å². The van der Waals surface area contributed by atoms with Crippen LogP contribution in [0, 0.1) is 0 Å². The van der Waals surface area contributed by atoms with Crippen LogP contribution < -0.4 is 15.3 Å². The lowest BCUT2D eigenvalue weighted by Crippen LogP contribution is -2.13. The van der Waals surface area contributed by atoms with Crippen molar-refractivity contribution in [1.82, 2.24) is 4.57 Å². The number of aromatic nitrogens is 1. The van der Waals surface area contributed by atoms with Gasteiger partial charge in [-0.2, -0.15) is 0 Å². The first-order valence-electron chi connectivity index (χ1n) is 5.38. The summed E-state index contributed by atoms with van der Waals surface area (Å²) >= 11 is 1.21. The van der Waals surface area contributed by atoms with Crippen LogP contribution in [-0.4, -0.2) is 11.2 Å². The van der Waals surface area contributed by atoms with Gasteiger partial charge in [0.05, 0.1) is 12.3 Å². The van der Waals surface area contributed by atoms with E-state index in [1.165, 1.54) is 11.3 Å². The fraction of sp³-hybridized carbons (Fsp3) is 0.250. The molecular weight excluding hydrogens is 236 g/mol. The molecule has 2 aromatic rings. The topological polar surface area (TPSA) is 57.2 Å². The van der Waals surface area contributed by atoms with E-state index < -0.39 is 0 Å². The number of rotatable bonds is 5. The van der Waals surface area contributed by atoms with E-state index in [4.69, 9.17) is 10.5 Å². The van der Waals surface area contributed by atoms with Crippen LogP contribution in [0.1, 0.15) is 6.42 Å². The highest BCUT2D eigenvalue weighted by atomic mass is 32.1. The van der Waals surface area contributed by atoms with E-state index in [2.05, 4.69) is 0 Å². The highest BCUT2D eigenvalue weighted by molar-refractivity contribution is 7.07. The van der Waals surface area contributed by atoms with Crippen LogP contribution in [0.3, 0.4) is 0 Å². The normalized spacial score (nSPS) is 10.4. The molecule has 1 aromatic heterocycles. The van der Waals surface area contributed by atoms with E-state index in [-0.39, 0.29) is 4.87 Å². The number of thiazole rings is 1. The SMILES string of the molecule is Nc1ccccc1OCCCn1ccsc1=O. The van der Waals surface area contributed by atoms with Gasteiger partial charge in [0.2, 0.25) is 0 Å². The van der Waals surface area contributed by atoms with E-state index in [0.29, 0.717) is 24.6 Å². The Bertz CT molecular complexity index is 533. The minimum absolute atomic E-state index is 0.0734. The van der Waals surface area contributed by atoms with Gasteiger partial charge < -0.3 is 15.0 Å². The van der Waals surface area contributed by atoms with Gasteiger partial charge in [0.1, 0.15) is 5.75 Å². The minimum atomic E-state index is 0.0734. The van der Waals surface area contributed by atoms with Crippen molar-refractivity contribution in [2.45, 2.75) is 13.0 Å². The molecule has 0 saturated heterocycles. The fourth-order valence-corrected chi connectivity index (χ4v) is 2.10.